The van der Waals surface area contributed by atoms with Crippen LogP contribution in [0.3, 0.4) is 0 Å². The van der Waals surface area contributed by atoms with Gasteiger partial charge in [0, 0.05) is 16.3 Å². The summed E-state index contributed by atoms with van der Waals surface area (Å²) in [6, 6.07) is 25.8. The van der Waals surface area contributed by atoms with Crippen LogP contribution in [-0.4, -0.2) is 17.3 Å². The largest absolute Gasteiger partial charge is 0.422 e. The van der Waals surface area contributed by atoms with E-state index in [1.807, 2.05) is 61.5 Å². The number of benzene rings is 4. The molecule has 2 N–H and O–H groups in total. The molecule has 0 aliphatic carbocycles. The van der Waals surface area contributed by atoms with Gasteiger partial charge < -0.3 is 10.1 Å². The molecule has 164 valence electrons. The third-order valence-electron chi connectivity index (χ3n) is 4.85. The monoisotopic (exact) mass is 473 g/mol. The number of thiocarbonyl (C=S) groups is 1. The van der Waals surface area contributed by atoms with E-state index in [9.17, 15) is 4.79 Å². The van der Waals surface area contributed by atoms with Gasteiger partial charge in [-0.05, 0) is 77.9 Å². The lowest BCUT2D eigenvalue weighted by Crippen LogP contribution is -2.23. The molecule has 0 aromatic heterocycles. The molecule has 0 fully saturated rings. The van der Waals surface area contributed by atoms with Gasteiger partial charge in [0.05, 0.1) is 11.8 Å². The quantitative estimate of drug-likeness (QED) is 0.116. The molecule has 4 aromatic carbocycles. The van der Waals surface area contributed by atoms with E-state index in [-0.39, 0.29) is 0 Å². The van der Waals surface area contributed by atoms with Crippen LogP contribution in [0.5, 0.6) is 5.75 Å². The van der Waals surface area contributed by atoms with Gasteiger partial charge in [-0.2, -0.15) is 5.10 Å². The number of hydrogen-bond acceptors (Lipinski definition) is 4. The number of ether oxygens (including phenoxy) is 1. The van der Waals surface area contributed by atoms with Gasteiger partial charge in [-0.3, -0.25) is 5.43 Å². The van der Waals surface area contributed by atoms with Gasteiger partial charge in [0.1, 0.15) is 5.75 Å². The molecule has 0 saturated carbocycles. The van der Waals surface area contributed by atoms with Crippen LogP contribution in [0.2, 0.25) is 5.02 Å². The predicted octanol–water partition coefficient (Wildman–Crippen LogP) is 6.34. The Morgan fingerprint density at radius 2 is 1.79 bits per heavy atom. The Balaban J connectivity index is 1.56. The number of carbonyl (C=O) groups excluding carboxylic acids is 1. The van der Waals surface area contributed by atoms with E-state index in [0.717, 1.165) is 22.0 Å². The van der Waals surface area contributed by atoms with Crippen molar-refractivity contribution < 1.29 is 9.53 Å². The minimum Gasteiger partial charge on any atom is -0.422 e. The van der Waals surface area contributed by atoms with Crippen LogP contribution in [-0.2, 0) is 0 Å². The second-order valence-electron chi connectivity index (χ2n) is 7.29. The molecule has 0 heterocycles. The van der Waals surface area contributed by atoms with Crippen molar-refractivity contribution in [1.29, 1.82) is 0 Å². The van der Waals surface area contributed by atoms with Crippen LogP contribution in [0, 0.1) is 6.92 Å². The molecule has 0 bridgehead atoms. The molecule has 0 amide bonds. The Morgan fingerprint density at radius 3 is 2.58 bits per heavy atom. The van der Waals surface area contributed by atoms with Gasteiger partial charge in [-0.15, -0.1) is 0 Å². The molecule has 4 rings (SSSR count). The molecule has 0 aliphatic heterocycles. The van der Waals surface area contributed by atoms with Crippen LogP contribution in [0.1, 0.15) is 21.5 Å². The van der Waals surface area contributed by atoms with Gasteiger partial charge in [0.2, 0.25) is 0 Å². The zero-order chi connectivity index (χ0) is 23.2. The van der Waals surface area contributed by atoms with Crippen molar-refractivity contribution in [2.24, 2.45) is 5.10 Å². The van der Waals surface area contributed by atoms with Crippen molar-refractivity contribution in [3.63, 3.8) is 0 Å². The first kappa shape index (κ1) is 22.5. The lowest BCUT2D eigenvalue weighted by atomic mass is 10.0. The fraction of sp³-hybridized carbons (Fsp3) is 0.0385. The summed E-state index contributed by atoms with van der Waals surface area (Å²) in [7, 11) is 0. The Morgan fingerprint density at radius 1 is 1.00 bits per heavy atom. The lowest BCUT2D eigenvalue weighted by Gasteiger charge is -2.11. The SMILES string of the molecule is Cc1cccc(NC(=S)N/N=C/c2c(OC(=O)c3ccc(Cl)cc3)ccc3ccccc23)c1. The van der Waals surface area contributed by atoms with Crippen molar-refractivity contribution in [1.82, 2.24) is 5.43 Å². The number of nitrogens with one attached hydrogen (secondary N) is 2. The van der Waals surface area contributed by atoms with Gasteiger partial charge in [-0.1, -0.05) is 54.1 Å². The zero-order valence-corrected chi connectivity index (χ0v) is 19.3. The molecule has 33 heavy (non-hydrogen) atoms. The number of halogens is 1. The fourth-order valence-electron chi connectivity index (χ4n) is 3.28. The highest BCUT2D eigenvalue weighted by Crippen LogP contribution is 2.27. The molecule has 0 saturated heterocycles. The number of carbonyl (C=O) groups is 1. The van der Waals surface area contributed by atoms with Crippen LogP contribution < -0.4 is 15.5 Å². The summed E-state index contributed by atoms with van der Waals surface area (Å²) in [5.41, 5.74) is 5.86. The van der Waals surface area contributed by atoms with E-state index in [1.165, 1.54) is 0 Å². The minimum atomic E-state index is -0.485. The van der Waals surface area contributed by atoms with E-state index >= 15 is 0 Å². The van der Waals surface area contributed by atoms with Crippen LogP contribution in [0.25, 0.3) is 10.8 Å². The molecule has 0 aliphatic rings. The standard InChI is InChI=1S/C26H20ClN3O2S/c1-17-5-4-7-21(15-17)29-26(33)30-28-16-23-22-8-3-2-6-18(22)11-14-24(23)32-25(31)19-9-12-20(27)13-10-19/h2-16H,1H3,(H2,29,30,33)/b28-16+. The normalized spacial score (nSPS) is 10.8. The molecule has 0 atom stereocenters. The van der Waals surface area contributed by atoms with Crippen LogP contribution >= 0.6 is 23.8 Å². The number of nitrogens with zero attached hydrogens (tertiary/aromatic N) is 1. The number of aryl methyl sites for hydroxylation is 1. The van der Waals surface area contributed by atoms with E-state index in [2.05, 4.69) is 15.8 Å². The molecule has 0 unspecified atom stereocenters. The number of anilines is 1. The van der Waals surface area contributed by atoms with Gasteiger partial charge in [0.25, 0.3) is 0 Å². The number of fused-ring (bicyclic) bond motifs is 1. The smallest absolute Gasteiger partial charge is 0.343 e. The topological polar surface area (TPSA) is 62.7 Å². The molecular weight excluding hydrogens is 454 g/mol. The minimum absolute atomic E-state index is 0.344. The van der Waals surface area contributed by atoms with Crippen molar-refractivity contribution in [2.75, 3.05) is 5.32 Å². The molecule has 7 heteroatoms. The zero-order valence-electron chi connectivity index (χ0n) is 17.7. The number of rotatable bonds is 5. The predicted molar refractivity (Wildman–Crippen MR) is 138 cm³/mol. The van der Waals surface area contributed by atoms with Crippen molar-refractivity contribution >= 4 is 57.6 Å². The van der Waals surface area contributed by atoms with Crippen LogP contribution in [0.15, 0.2) is 90.0 Å². The van der Waals surface area contributed by atoms with Crippen LogP contribution in [0.4, 0.5) is 5.69 Å². The highest BCUT2D eigenvalue weighted by atomic mass is 35.5. The Bertz CT molecular complexity index is 1350. The summed E-state index contributed by atoms with van der Waals surface area (Å²) in [6.07, 6.45) is 1.59. The average Bonchev–Trinajstić information content (AvgIpc) is 2.80. The summed E-state index contributed by atoms with van der Waals surface area (Å²) in [5, 5.41) is 10.1. The second kappa shape index (κ2) is 10.3. The lowest BCUT2D eigenvalue weighted by molar-refractivity contribution is 0.0735. The van der Waals surface area contributed by atoms with Crippen molar-refractivity contribution in [3.8, 4) is 5.75 Å². The molecule has 0 spiro atoms. The van der Waals surface area contributed by atoms with Gasteiger partial charge in [-0.25, -0.2) is 4.79 Å². The van der Waals surface area contributed by atoms with Crippen molar-refractivity contribution in [2.45, 2.75) is 6.92 Å². The van der Waals surface area contributed by atoms with E-state index in [1.54, 1.807) is 36.5 Å². The second-order valence-corrected chi connectivity index (χ2v) is 8.13. The molecule has 5 nitrogen and oxygen atoms in total. The Hall–Kier alpha value is -3.74. The Labute approximate surface area is 202 Å². The number of esters is 1. The van der Waals surface area contributed by atoms with Crippen molar-refractivity contribution in [3.05, 3.63) is 107 Å². The maximum absolute atomic E-state index is 12.7. The highest BCUT2D eigenvalue weighted by Gasteiger charge is 2.13. The summed E-state index contributed by atoms with van der Waals surface area (Å²) >= 11 is 11.3. The maximum atomic E-state index is 12.7. The summed E-state index contributed by atoms with van der Waals surface area (Å²) in [4.78, 5) is 12.7. The fourth-order valence-corrected chi connectivity index (χ4v) is 3.58. The summed E-state index contributed by atoms with van der Waals surface area (Å²) in [5.74, 6) is -0.0991. The highest BCUT2D eigenvalue weighted by molar-refractivity contribution is 7.80. The van der Waals surface area contributed by atoms with Gasteiger partial charge >= 0.3 is 5.97 Å². The summed E-state index contributed by atoms with van der Waals surface area (Å²) in [6.45, 7) is 2.01. The maximum Gasteiger partial charge on any atom is 0.343 e. The van der Waals surface area contributed by atoms with E-state index < -0.39 is 5.97 Å². The molecular formula is C26H20ClN3O2S. The van der Waals surface area contributed by atoms with E-state index in [0.29, 0.717) is 27.0 Å². The number of hydrogen-bond donors (Lipinski definition) is 2. The van der Waals surface area contributed by atoms with E-state index in [4.69, 9.17) is 28.6 Å². The number of hydrazone groups is 1. The summed E-state index contributed by atoms with van der Waals surface area (Å²) < 4.78 is 5.70. The third kappa shape index (κ3) is 5.74. The average molecular weight is 474 g/mol. The first-order valence-corrected chi connectivity index (χ1v) is 10.9. The molecule has 0 radical (unpaired) electrons. The Kier molecular flexibility index (Phi) is 6.98. The van der Waals surface area contributed by atoms with Gasteiger partial charge in [0.15, 0.2) is 5.11 Å². The first-order chi connectivity index (χ1) is 16.0. The third-order valence-corrected chi connectivity index (χ3v) is 5.29. The molecule has 4 aromatic rings. The first-order valence-electron chi connectivity index (χ1n) is 10.2.